The van der Waals surface area contributed by atoms with Crippen molar-refractivity contribution < 1.29 is 14.3 Å². The van der Waals surface area contributed by atoms with Crippen molar-refractivity contribution in [3.8, 4) is 0 Å². The molecule has 1 atom stereocenters. The molecule has 2 aromatic rings. The summed E-state index contributed by atoms with van der Waals surface area (Å²) < 4.78 is 13.6. The topological polar surface area (TPSA) is 87.1 Å². The Morgan fingerprint density at radius 1 is 1.39 bits per heavy atom. The van der Waals surface area contributed by atoms with Crippen molar-refractivity contribution in [2.24, 2.45) is 0 Å². The number of aliphatic hydroxyl groups excluding tert-OH is 1. The van der Waals surface area contributed by atoms with E-state index in [2.05, 4.69) is 20.8 Å². The maximum absolute atomic E-state index is 13.6. The third kappa shape index (κ3) is 5.57. The van der Waals surface area contributed by atoms with Crippen LogP contribution in [0.1, 0.15) is 30.3 Å². The molecule has 1 aromatic carbocycles. The summed E-state index contributed by atoms with van der Waals surface area (Å²) in [5, 5.41) is 23.4. The van der Waals surface area contributed by atoms with Gasteiger partial charge in [0.05, 0.1) is 6.10 Å². The van der Waals surface area contributed by atoms with Gasteiger partial charge in [0.25, 0.3) is 0 Å². The summed E-state index contributed by atoms with van der Waals surface area (Å²) in [6, 6.07) is 6.08. The number of rotatable bonds is 7. The van der Waals surface area contributed by atoms with Crippen molar-refractivity contribution in [3.63, 3.8) is 0 Å². The minimum atomic E-state index is -0.413. The number of anilines is 1. The molecule has 8 heteroatoms. The Hall–Kier alpha value is -2.06. The summed E-state index contributed by atoms with van der Waals surface area (Å²) >= 11 is 1.20. The number of aromatic nitrogens is 2. The second-order valence-corrected chi connectivity index (χ2v) is 6.06. The van der Waals surface area contributed by atoms with Crippen molar-refractivity contribution in [3.05, 3.63) is 40.7 Å². The van der Waals surface area contributed by atoms with E-state index in [1.54, 1.807) is 18.2 Å². The van der Waals surface area contributed by atoms with Gasteiger partial charge < -0.3 is 10.4 Å². The predicted octanol–water partition coefficient (Wildman–Crippen LogP) is 2.55. The van der Waals surface area contributed by atoms with Gasteiger partial charge >= 0.3 is 6.03 Å². The highest BCUT2D eigenvalue weighted by atomic mass is 32.1. The lowest BCUT2D eigenvalue weighted by atomic mass is 10.1. The summed E-state index contributed by atoms with van der Waals surface area (Å²) in [5.41, 5.74) is 0.535. The second-order valence-electron chi connectivity index (χ2n) is 5.00. The fraction of sp³-hybridized carbons (Fsp3) is 0.400. The molecular formula is C15H19FN4O2S. The Morgan fingerprint density at radius 2 is 2.17 bits per heavy atom. The van der Waals surface area contributed by atoms with Gasteiger partial charge in [-0.2, -0.15) is 0 Å². The molecule has 1 heterocycles. The van der Waals surface area contributed by atoms with Crippen molar-refractivity contribution in [2.45, 2.75) is 32.3 Å². The summed E-state index contributed by atoms with van der Waals surface area (Å²) in [5.74, 6) is -0.288. The number of aliphatic hydroxyl groups is 1. The number of benzene rings is 1. The van der Waals surface area contributed by atoms with E-state index in [4.69, 9.17) is 0 Å². The van der Waals surface area contributed by atoms with Gasteiger partial charge in [0.15, 0.2) is 0 Å². The fourth-order valence-corrected chi connectivity index (χ4v) is 2.64. The quantitative estimate of drug-likeness (QED) is 0.724. The number of nitrogens with zero attached hydrogens (tertiary/aromatic N) is 2. The second kappa shape index (κ2) is 8.54. The number of amides is 2. The zero-order valence-corrected chi connectivity index (χ0v) is 13.6. The first-order valence-corrected chi connectivity index (χ1v) is 8.18. The van der Waals surface area contributed by atoms with Crippen molar-refractivity contribution in [1.82, 2.24) is 15.5 Å². The molecule has 23 heavy (non-hydrogen) atoms. The third-order valence-electron chi connectivity index (χ3n) is 3.22. The van der Waals surface area contributed by atoms with Crippen LogP contribution < -0.4 is 10.6 Å². The first-order chi connectivity index (χ1) is 11.1. The van der Waals surface area contributed by atoms with Gasteiger partial charge in [0.2, 0.25) is 5.13 Å². The fourth-order valence-electron chi connectivity index (χ4n) is 1.88. The van der Waals surface area contributed by atoms with Crippen LogP contribution in [0.3, 0.4) is 0 Å². The zero-order chi connectivity index (χ0) is 16.7. The van der Waals surface area contributed by atoms with Crippen LogP contribution in [0.15, 0.2) is 24.3 Å². The molecule has 1 unspecified atom stereocenters. The standard InChI is InChI=1S/C15H19FN4O2S/c1-2-11(21)7-8-17-14(22)18-15-20-19-13(23-15)9-10-5-3-4-6-12(10)16/h3-6,11,21H,2,7-9H2,1H3,(H2,17,18,20,22). The molecule has 0 fully saturated rings. The van der Waals surface area contributed by atoms with E-state index in [9.17, 15) is 14.3 Å². The minimum absolute atomic E-state index is 0.288. The molecule has 1 aromatic heterocycles. The van der Waals surface area contributed by atoms with Crippen LogP contribution in [0.5, 0.6) is 0 Å². The highest BCUT2D eigenvalue weighted by molar-refractivity contribution is 7.15. The van der Waals surface area contributed by atoms with Gasteiger partial charge in [-0.05, 0) is 24.5 Å². The van der Waals surface area contributed by atoms with Gasteiger partial charge in [0.1, 0.15) is 10.8 Å². The number of urea groups is 1. The molecule has 0 aliphatic heterocycles. The van der Waals surface area contributed by atoms with Crippen LogP contribution in [0.2, 0.25) is 0 Å². The molecule has 124 valence electrons. The molecule has 3 N–H and O–H groups in total. The maximum atomic E-state index is 13.6. The van der Waals surface area contributed by atoms with Crippen molar-refractivity contribution >= 4 is 22.5 Å². The van der Waals surface area contributed by atoms with Gasteiger partial charge in [-0.1, -0.05) is 36.5 Å². The van der Waals surface area contributed by atoms with Crippen LogP contribution in [0.25, 0.3) is 0 Å². The van der Waals surface area contributed by atoms with Crippen LogP contribution in [0, 0.1) is 5.82 Å². The highest BCUT2D eigenvalue weighted by Crippen LogP contribution is 2.19. The van der Waals surface area contributed by atoms with Crippen LogP contribution in [0.4, 0.5) is 14.3 Å². The third-order valence-corrected chi connectivity index (χ3v) is 4.06. The van der Waals surface area contributed by atoms with Gasteiger partial charge in [-0.25, -0.2) is 9.18 Å². The van der Waals surface area contributed by atoms with E-state index in [0.717, 1.165) is 0 Å². The van der Waals surface area contributed by atoms with Crippen LogP contribution in [-0.4, -0.2) is 34.0 Å². The first kappa shape index (κ1) is 17.3. The molecule has 0 saturated carbocycles. The highest BCUT2D eigenvalue weighted by Gasteiger charge is 2.10. The van der Waals surface area contributed by atoms with E-state index in [-0.39, 0.29) is 5.82 Å². The van der Waals surface area contributed by atoms with Gasteiger partial charge in [-0.15, -0.1) is 10.2 Å². The number of hydrogen-bond acceptors (Lipinski definition) is 5. The predicted molar refractivity (Wildman–Crippen MR) is 87.1 cm³/mol. The lowest BCUT2D eigenvalue weighted by Crippen LogP contribution is -2.31. The largest absolute Gasteiger partial charge is 0.393 e. The van der Waals surface area contributed by atoms with E-state index in [0.29, 0.717) is 41.5 Å². The molecule has 0 aliphatic rings. The average Bonchev–Trinajstić information content (AvgIpc) is 2.96. The van der Waals surface area contributed by atoms with Gasteiger partial charge in [-0.3, -0.25) is 5.32 Å². The van der Waals surface area contributed by atoms with Crippen LogP contribution >= 0.6 is 11.3 Å². The number of hydrogen-bond donors (Lipinski definition) is 3. The minimum Gasteiger partial charge on any atom is -0.393 e. The molecule has 2 rings (SSSR count). The Bertz CT molecular complexity index is 650. The molecule has 0 spiro atoms. The Morgan fingerprint density at radius 3 is 2.91 bits per heavy atom. The smallest absolute Gasteiger partial charge is 0.321 e. The van der Waals surface area contributed by atoms with Crippen molar-refractivity contribution in [1.29, 1.82) is 0 Å². The number of carbonyl (C=O) groups excluding carboxylic acids is 1. The Kier molecular flexibility index (Phi) is 6.42. The molecule has 0 saturated heterocycles. The summed E-state index contributed by atoms with van der Waals surface area (Å²) in [6.07, 6.45) is 1.07. The zero-order valence-electron chi connectivity index (χ0n) is 12.8. The number of halogens is 1. The summed E-state index contributed by atoms with van der Waals surface area (Å²) in [7, 11) is 0. The first-order valence-electron chi connectivity index (χ1n) is 7.37. The number of nitrogens with one attached hydrogen (secondary N) is 2. The maximum Gasteiger partial charge on any atom is 0.321 e. The summed E-state index contributed by atoms with van der Waals surface area (Å²) in [6.45, 7) is 2.25. The van der Waals surface area contributed by atoms with E-state index in [1.807, 2.05) is 6.92 Å². The molecular weight excluding hydrogens is 319 g/mol. The molecule has 2 amide bonds. The van der Waals surface area contributed by atoms with Gasteiger partial charge in [0, 0.05) is 13.0 Å². The lowest BCUT2D eigenvalue weighted by Gasteiger charge is -2.08. The molecule has 0 aliphatic carbocycles. The normalized spacial score (nSPS) is 12.0. The average molecular weight is 338 g/mol. The monoisotopic (exact) mass is 338 g/mol. The Labute approximate surface area is 137 Å². The molecule has 0 bridgehead atoms. The SMILES string of the molecule is CCC(O)CCNC(=O)Nc1nnc(Cc2ccccc2F)s1. The molecule has 6 nitrogen and oxygen atoms in total. The van der Waals surface area contributed by atoms with E-state index in [1.165, 1.54) is 17.4 Å². The molecule has 0 radical (unpaired) electrons. The summed E-state index contributed by atoms with van der Waals surface area (Å²) in [4.78, 5) is 11.7. The van der Waals surface area contributed by atoms with Crippen LogP contribution in [-0.2, 0) is 6.42 Å². The Balaban J connectivity index is 1.82. The number of carbonyl (C=O) groups is 1. The van der Waals surface area contributed by atoms with E-state index >= 15 is 0 Å². The van der Waals surface area contributed by atoms with Crippen molar-refractivity contribution in [2.75, 3.05) is 11.9 Å². The lowest BCUT2D eigenvalue weighted by molar-refractivity contribution is 0.160. The van der Waals surface area contributed by atoms with E-state index < -0.39 is 12.1 Å².